The number of rotatable bonds is 6. The number of thiazole rings is 1. The Labute approximate surface area is 161 Å². The maximum absolute atomic E-state index is 12.3. The van der Waals surface area contributed by atoms with E-state index in [0.717, 1.165) is 11.3 Å². The number of amides is 2. The first-order chi connectivity index (χ1) is 13.0. The van der Waals surface area contributed by atoms with Crippen molar-refractivity contribution in [3.8, 4) is 5.75 Å². The van der Waals surface area contributed by atoms with Crippen LogP contribution < -0.4 is 15.4 Å². The second-order valence-electron chi connectivity index (χ2n) is 5.87. The zero-order valence-electron chi connectivity index (χ0n) is 15.0. The van der Waals surface area contributed by atoms with Gasteiger partial charge >= 0.3 is 0 Å². The molecule has 2 N–H and O–H groups in total. The molecule has 0 aliphatic heterocycles. The topological polar surface area (TPSA) is 80.3 Å². The van der Waals surface area contributed by atoms with Crippen LogP contribution in [0.3, 0.4) is 0 Å². The number of aryl methyl sites for hydroxylation is 1. The summed E-state index contributed by atoms with van der Waals surface area (Å²) in [6.07, 6.45) is 0.142. The van der Waals surface area contributed by atoms with Gasteiger partial charge in [-0.05, 0) is 42.8 Å². The van der Waals surface area contributed by atoms with E-state index >= 15 is 0 Å². The number of nitrogens with one attached hydrogen (secondary N) is 2. The number of benzene rings is 2. The van der Waals surface area contributed by atoms with Gasteiger partial charge in [-0.15, -0.1) is 11.3 Å². The first kappa shape index (κ1) is 18.6. The van der Waals surface area contributed by atoms with Gasteiger partial charge in [0.1, 0.15) is 5.75 Å². The minimum atomic E-state index is -0.261. The smallest absolute Gasteiger partial charge is 0.257 e. The van der Waals surface area contributed by atoms with Gasteiger partial charge in [-0.3, -0.25) is 14.9 Å². The summed E-state index contributed by atoms with van der Waals surface area (Å²) in [7, 11) is 1.57. The van der Waals surface area contributed by atoms with Gasteiger partial charge in [-0.25, -0.2) is 4.98 Å². The summed E-state index contributed by atoms with van der Waals surface area (Å²) in [5.74, 6) is 0.272. The molecular weight excluding hydrogens is 362 g/mol. The van der Waals surface area contributed by atoms with Gasteiger partial charge < -0.3 is 10.1 Å². The van der Waals surface area contributed by atoms with Crippen molar-refractivity contribution in [2.24, 2.45) is 0 Å². The normalized spacial score (nSPS) is 10.3. The Morgan fingerprint density at radius 2 is 1.81 bits per heavy atom. The number of carbonyl (C=O) groups is 2. The highest BCUT2D eigenvalue weighted by molar-refractivity contribution is 7.14. The zero-order valence-corrected chi connectivity index (χ0v) is 15.8. The van der Waals surface area contributed by atoms with E-state index < -0.39 is 0 Å². The molecule has 27 heavy (non-hydrogen) atoms. The molecule has 0 fully saturated rings. The number of anilines is 2. The van der Waals surface area contributed by atoms with Crippen LogP contribution in [0.5, 0.6) is 5.75 Å². The number of aromatic nitrogens is 1. The van der Waals surface area contributed by atoms with E-state index in [1.807, 2.05) is 31.2 Å². The van der Waals surface area contributed by atoms with Gasteiger partial charge in [0.05, 0.1) is 19.2 Å². The standard InChI is InChI=1S/C20H19N3O3S/c1-13-5-3-4-6-17(13)22-18(24)11-15-12-27-20(21-15)23-19(25)14-7-9-16(26-2)10-8-14/h3-10,12H,11H2,1-2H3,(H,22,24)(H,21,23,25). The van der Waals surface area contributed by atoms with E-state index in [9.17, 15) is 9.59 Å². The van der Waals surface area contributed by atoms with Gasteiger partial charge in [-0.2, -0.15) is 0 Å². The van der Waals surface area contributed by atoms with Crippen LogP contribution in [0.1, 0.15) is 21.6 Å². The summed E-state index contributed by atoms with van der Waals surface area (Å²) >= 11 is 1.28. The van der Waals surface area contributed by atoms with Gasteiger partial charge in [0, 0.05) is 16.6 Å². The molecule has 0 aliphatic carbocycles. The minimum absolute atomic E-state index is 0.142. The highest BCUT2D eigenvalue weighted by Crippen LogP contribution is 2.19. The fourth-order valence-electron chi connectivity index (χ4n) is 2.43. The van der Waals surface area contributed by atoms with Crippen LogP contribution in [0.15, 0.2) is 53.9 Å². The average molecular weight is 381 g/mol. The highest BCUT2D eigenvalue weighted by atomic mass is 32.1. The molecular formula is C20H19N3O3S. The Balaban J connectivity index is 1.58. The summed E-state index contributed by atoms with van der Waals surface area (Å²) in [6, 6.07) is 14.4. The van der Waals surface area contributed by atoms with Crippen molar-refractivity contribution in [2.45, 2.75) is 13.3 Å². The number of methoxy groups -OCH3 is 1. The third-order valence-electron chi connectivity index (χ3n) is 3.89. The number of ether oxygens (including phenoxy) is 1. The molecule has 0 saturated heterocycles. The molecule has 0 spiro atoms. The van der Waals surface area contributed by atoms with Crippen molar-refractivity contribution in [3.05, 3.63) is 70.7 Å². The van der Waals surface area contributed by atoms with Crippen LogP contribution in [0, 0.1) is 6.92 Å². The molecule has 2 aromatic carbocycles. The largest absolute Gasteiger partial charge is 0.497 e. The number of carbonyl (C=O) groups excluding carboxylic acids is 2. The van der Waals surface area contributed by atoms with E-state index in [0.29, 0.717) is 22.1 Å². The molecule has 138 valence electrons. The number of hydrogen-bond donors (Lipinski definition) is 2. The van der Waals surface area contributed by atoms with E-state index in [2.05, 4.69) is 15.6 Å². The fourth-order valence-corrected chi connectivity index (χ4v) is 3.13. The van der Waals surface area contributed by atoms with E-state index in [1.165, 1.54) is 11.3 Å². The van der Waals surface area contributed by atoms with Crippen molar-refractivity contribution < 1.29 is 14.3 Å². The van der Waals surface area contributed by atoms with Crippen LogP contribution in [0.2, 0.25) is 0 Å². The monoisotopic (exact) mass is 381 g/mol. The molecule has 0 aliphatic rings. The lowest BCUT2D eigenvalue weighted by molar-refractivity contribution is -0.115. The summed E-state index contributed by atoms with van der Waals surface area (Å²) in [5, 5.41) is 7.83. The Hall–Kier alpha value is -3.19. The third-order valence-corrected chi connectivity index (χ3v) is 4.69. The van der Waals surface area contributed by atoms with E-state index in [4.69, 9.17) is 4.74 Å². The zero-order chi connectivity index (χ0) is 19.2. The second kappa shape index (κ2) is 8.46. The summed E-state index contributed by atoms with van der Waals surface area (Å²) in [6.45, 7) is 1.94. The molecule has 6 nitrogen and oxygen atoms in total. The van der Waals surface area contributed by atoms with Crippen LogP contribution in [-0.4, -0.2) is 23.9 Å². The molecule has 0 saturated carbocycles. The molecule has 0 bridgehead atoms. The van der Waals surface area contributed by atoms with Crippen molar-refractivity contribution in [3.63, 3.8) is 0 Å². The van der Waals surface area contributed by atoms with Crippen LogP contribution in [0.4, 0.5) is 10.8 Å². The van der Waals surface area contributed by atoms with E-state index in [1.54, 1.807) is 36.8 Å². The first-order valence-electron chi connectivity index (χ1n) is 8.30. The summed E-state index contributed by atoms with van der Waals surface area (Å²) in [5.41, 5.74) is 2.89. The van der Waals surface area contributed by atoms with Crippen molar-refractivity contribution in [1.29, 1.82) is 0 Å². The first-order valence-corrected chi connectivity index (χ1v) is 9.18. The maximum Gasteiger partial charge on any atom is 0.257 e. The predicted molar refractivity (Wildman–Crippen MR) is 107 cm³/mol. The molecule has 1 aromatic heterocycles. The Morgan fingerprint density at radius 1 is 1.07 bits per heavy atom. The van der Waals surface area contributed by atoms with Crippen molar-refractivity contribution >= 4 is 34.0 Å². The maximum atomic E-state index is 12.3. The number of hydrogen-bond acceptors (Lipinski definition) is 5. The Morgan fingerprint density at radius 3 is 2.52 bits per heavy atom. The highest BCUT2D eigenvalue weighted by Gasteiger charge is 2.12. The van der Waals surface area contributed by atoms with Gasteiger partial charge in [0.15, 0.2) is 5.13 Å². The molecule has 7 heteroatoms. The van der Waals surface area contributed by atoms with Crippen LogP contribution in [0.25, 0.3) is 0 Å². The lowest BCUT2D eigenvalue weighted by Gasteiger charge is -2.06. The summed E-state index contributed by atoms with van der Waals surface area (Å²) in [4.78, 5) is 28.8. The molecule has 2 amide bonds. The Bertz CT molecular complexity index is 951. The second-order valence-corrected chi connectivity index (χ2v) is 6.72. The summed E-state index contributed by atoms with van der Waals surface area (Å²) < 4.78 is 5.08. The van der Waals surface area contributed by atoms with E-state index in [-0.39, 0.29) is 18.2 Å². The molecule has 0 radical (unpaired) electrons. The van der Waals surface area contributed by atoms with Gasteiger partial charge in [-0.1, -0.05) is 18.2 Å². The fraction of sp³-hybridized carbons (Fsp3) is 0.150. The third kappa shape index (κ3) is 4.92. The number of para-hydroxylation sites is 1. The minimum Gasteiger partial charge on any atom is -0.497 e. The average Bonchev–Trinajstić information content (AvgIpc) is 3.10. The molecule has 3 aromatic rings. The SMILES string of the molecule is COc1ccc(C(=O)Nc2nc(CC(=O)Nc3ccccc3C)cs2)cc1. The van der Waals surface area contributed by atoms with Gasteiger partial charge in [0.25, 0.3) is 5.91 Å². The molecule has 0 unspecified atom stereocenters. The Kier molecular flexibility index (Phi) is 5.83. The molecule has 3 rings (SSSR count). The lowest BCUT2D eigenvalue weighted by Crippen LogP contribution is -2.15. The predicted octanol–water partition coefficient (Wildman–Crippen LogP) is 3.89. The molecule has 0 atom stereocenters. The van der Waals surface area contributed by atoms with Crippen molar-refractivity contribution in [2.75, 3.05) is 17.7 Å². The van der Waals surface area contributed by atoms with Crippen LogP contribution in [-0.2, 0) is 11.2 Å². The lowest BCUT2D eigenvalue weighted by atomic mass is 10.2. The quantitative estimate of drug-likeness (QED) is 0.679. The van der Waals surface area contributed by atoms with Crippen molar-refractivity contribution in [1.82, 2.24) is 4.98 Å². The van der Waals surface area contributed by atoms with Gasteiger partial charge in [0.2, 0.25) is 5.91 Å². The van der Waals surface area contributed by atoms with Crippen LogP contribution >= 0.6 is 11.3 Å². The molecule has 1 heterocycles. The number of nitrogens with zero attached hydrogens (tertiary/aromatic N) is 1.